The third kappa shape index (κ3) is 7.26. The van der Waals surface area contributed by atoms with E-state index < -0.39 is 17.4 Å². The summed E-state index contributed by atoms with van der Waals surface area (Å²) in [6, 6.07) is 14.9. The van der Waals surface area contributed by atoms with Crippen molar-refractivity contribution in [3.8, 4) is 0 Å². The van der Waals surface area contributed by atoms with Crippen molar-refractivity contribution in [3.05, 3.63) is 97.9 Å². The van der Waals surface area contributed by atoms with E-state index in [1.54, 1.807) is 26.0 Å². The van der Waals surface area contributed by atoms with Gasteiger partial charge in [0.1, 0.15) is 0 Å². The second-order valence-electron chi connectivity index (χ2n) is 8.50. The summed E-state index contributed by atoms with van der Waals surface area (Å²) < 4.78 is 6.48. The Morgan fingerprint density at radius 3 is 2.61 bits per heavy atom. The highest BCUT2D eigenvalue weighted by Gasteiger charge is 2.23. The molecule has 2 aromatic carbocycles. The van der Waals surface area contributed by atoms with Gasteiger partial charge in [-0.05, 0) is 54.7 Å². The van der Waals surface area contributed by atoms with Crippen molar-refractivity contribution in [2.45, 2.75) is 46.3 Å². The van der Waals surface area contributed by atoms with Crippen molar-refractivity contribution in [2.75, 3.05) is 6.61 Å². The summed E-state index contributed by atoms with van der Waals surface area (Å²) >= 11 is 6.07. The molecule has 3 N–H and O–H groups in total. The molecular formula is C27H31ClN4O4. The highest BCUT2D eigenvalue weighted by Crippen LogP contribution is 2.16. The van der Waals surface area contributed by atoms with Crippen LogP contribution in [0.1, 0.15) is 34.7 Å². The molecule has 1 unspecified atom stereocenters. The Labute approximate surface area is 215 Å². The van der Waals surface area contributed by atoms with Gasteiger partial charge in [-0.3, -0.25) is 14.4 Å². The molecule has 1 amide bonds. The fraction of sp³-hybridized carbons (Fsp3) is 0.333. The molecular weight excluding hydrogens is 480 g/mol. The molecule has 0 saturated carbocycles. The van der Waals surface area contributed by atoms with Crippen molar-refractivity contribution in [1.29, 1.82) is 0 Å². The van der Waals surface area contributed by atoms with Crippen molar-refractivity contribution < 1.29 is 14.3 Å². The SMILES string of the molecule is CCOC(=O)C(Cc1ccccc1)Cn1ncc(C)c(CC(=O)NCc2cc(Cl)ccc2CN)c1=O. The lowest BCUT2D eigenvalue weighted by Gasteiger charge is -2.17. The van der Waals surface area contributed by atoms with E-state index in [1.165, 1.54) is 10.9 Å². The van der Waals surface area contributed by atoms with Crippen LogP contribution in [-0.4, -0.2) is 28.3 Å². The first-order valence-electron chi connectivity index (χ1n) is 11.8. The molecule has 36 heavy (non-hydrogen) atoms. The predicted molar refractivity (Wildman–Crippen MR) is 138 cm³/mol. The fourth-order valence-corrected chi connectivity index (χ4v) is 4.12. The minimum Gasteiger partial charge on any atom is -0.466 e. The molecule has 3 aromatic rings. The summed E-state index contributed by atoms with van der Waals surface area (Å²) in [5.41, 5.74) is 8.96. The van der Waals surface area contributed by atoms with E-state index in [2.05, 4.69) is 10.4 Å². The van der Waals surface area contributed by atoms with Crippen LogP contribution >= 0.6 is 11.6 Å². The normalized spacial score (nSPS) is 11.7. The van der Waals surface area contributed by atoms with Gasteiger partial charge >= 0.3 is 5.97 Å². The average molecular weight is 511 g/mol. The lowest BCUT2D eigenvalue weighted by molar-refractivity contribution is -0.148. The van der Waals surface area contributed by atoms with Crippen molar-refractivity contribution in [2.24, 2.45) is 11.7 Å². The molecule has 3 rings (SSSR count). The molecule has 0 aliphatic rings. The number of amides is 1. The topological polar surface area (TPSA) is 116 Å². The van der Waals surface area contributed by atoms with Crippen molar-refractivity contribution in [3.63, 3.8) is 0 Å². The number of nitrogens with two attached hydrogens (primary N) is 1. The monoisotopic (exact) mass is 510 g/mol. The summed E-state index contributed by atoms with van der Waals surface area (Å²) in [6.45, 7) is 4.32. The first-order chi connectivity index (χ1) is 17.3. The fourth-order valence-electron chi connectivity index (χ4n) is 3.92. The second-order valence-corrected chi connectivity index (χ2v) is 8.94. The Hall–Kier alpha value is -3.49. The first-order valence-corrected chi connectivity index (χ1v) is 12.2. The molecule has 1 heterocycles. The molecule has 190 valence electrons. The van der Waals surface area contributed by atoms with Gasteiger partial charge in [0, 0.05) is 23.7 Å². The van der Waals surface area contributed by atoms with E-state index in [-0.39, 0.29) is 32.0 Å². The third-order valence-electron chi connectivity index (χ3n) is 5.90. The van der Waals surface area contributed by atoms with E-state index in [9.17, 15) is 14.4 Å². The zero-order valence-corrected chi connectivity index (χ0v) is 21.3. The maximum Gasteiger partial charge on any atom is 0.311 e. The zero-order chi connectivity index (χ0) is 26.1. The van der Waals surface area contributed by atoms with Crippen LogP contribution in [0.3, 0.4) is 0 Å². The largest absolute Gasteiger partial charge is 0.466 e. The molecule has 0 saturated heterocycles. The van der Waals surface area contributed by atoms with Crippen LogP contribution in [-0.2, 0) is 46.8 Å². The number of hydrogen-bond acceptors (Lipinski definition) is 6. The average Bonchev–Trinajstić information content (AvgIpc) is 2.87. The van der Waals surface area contributed by atoms with Crippen LogP contribution in [0.15, 0.2) is 59.5 Å². The van der Waals surface area contributed by atoms with Gasteiger partial charge in [0.05, 0.1) is 31.7 Å². The Bertz CT molecular complexity index is 1260. The summed E-state index contributed by atoms with van der Waals surface area (Å²) in [6.07, 6.45) is 1.83. The van der Waals surface area contributed by atoms with Crippen LogP contribution in [0.5, 0.6) is 0 Å². The van der Waals surface area contributed by atoms with E-state index in [0.717, 1.165) is 16.7 Å². The first kappa shape index (κ1) is 27.1. The van der Waals surface area contributed by atoms with Gasteiger partial charge in [-0.25, -0.2) is 4.68 Å². The van der Waals surface area contributed by atoms with Gasteiger partial charge in [0.2, 0.25) is 5.91 Å². The number of aromatic nitrogens is 2. The molecule has 8 nitrogen and oxygen atoms in total. The summed E-state index contributed by atoms with van der Waals surface area (Å²) in [5, 5.41) is 7.62. The Morgan fingerprint density at radius 2 is 1.92 bits per heavy atom. The van der Waals surface area contributed by atoms with Gasteiger partial charge in [-0.2, -0.15) is 5.10 Å². The molecule has 1 aromatic heterocycles. The van der Waals surface area contributed by atoms with E-state index >= 15 is 0 Å². The number of esters is 1. The van der Waals surface area contributed by atoms with Crippen LogP contribution in [0.2, 0.25) is 5.02 Å². The maximum atomic E-state index is 13.2. The van der Waals surface area contributed by atoms with Crippen molar-refractivity contribution in [1.82, 2.24) is 15.1 Å². The Morgan fingerprint density at radius 1 is 1.17 bits per heavy atom. The maximum absolute atomic E-state index is 13.2. The lowest BCUT2D eigenvalue weighted by Crippen LogP contribution is -2.35. The standard InChI is InChI=1S/C27H31ClN4O4/c1-3-36-27(35)22(11-19-7-5-4-6-8-19)17-32-26(34)24(18(2)15-31-32)13-25(33)30-16-21-12-23(28)10-9-20(21)14-29/h4-10,12,15,22H,3,11,13-14,16-17,29H2,1-2H3,(H,30,33). The molecule has 1 atom stereocenters. The van der Waals surface area contributed by atoms with Gasteiger partial charge in [-0.15, -0.1) is 0 Å². The molecule has 0 aliphatic heterocycles. The highest BCUT2D eigenvalue weighted by molar-refractivity contribution is 6.30. The molecule has 9 heteroatoms. The number of benzene rings is 2. The number of nitrogens with zero attached hydrogens (tertiary/aromatic N) is 2. The zero-order valence-electron chi connectivity index (χ0n) is 20.5. The Balaban J connectivity index is 1.76. The van der Waals surface area contributed by atoms with Gasteiger partial charge in [0.15, 0.2) is 0 Å². The van der Waals surface area contributed by atoms with Crippen LogP contribution in [0.4, 0.5) is 0 Å². The molecule has 0 bridgehead atoms. The number of ether oxygens (including phenoxy) is 1. The minimum absolute atomic E-state index is 0.0455. The summed E-state index contributed by atoms with van der Waals surface area (Å²) in [5.74, 6) is -1.31. The second kappa shape index (κ2) is 13.0. The molecule has 0 spiro atoms. The number of nitrogens with one attached hydrogen (secondary N) is 1. The number of carbonyl (C=O) groups excluding carboxylic acids is 2. The number of aryl methyl sites for hydroxylation is 1. The number of hydrogen-bond donors (Lipinski definition) is 2. The number of rotatable bonds is 11. The van der Waals surface area contributed by atoms with Gasteiger partial charge in [-0.1, -0.05) is 48.0 Å². The third-order valence-corrected chi connectivity index (χ3v) is 6.13. The summed E-state index contributed by atoms with van der Waals surface area (Å²) in [7, 11) is 0. The summed E-state index contributed by atoms with van der Waals surface area (Å²) in [4.78, 5) is 38.6. The van der Waals surface area contributed by atoms with E-state index in [4.69, 9.17) is 22.1 Å². The predicted octanol–water partition coefficient (Wildman–Crippen LogP) is 2.94. The van der Waals surface area contributed by atoms with Gasteiger partial charge < -0.3 is 15.8 Å². The Kier molecular flexibility index (Phi) is 9.78. The van der Waals surface area contributed by atoms with E-state index in [0.29, 0.717) is 29.1 Å². The number of halogens is 1. The quantitative estimate of drug-likeness (QED) is 0.383. The smallest absolute Gasteiger partial charge is 0.311 e. The van der Waals surface area contributed by atoms with Crippen molar-refractivity contribution >= 4 is 23.5 Å². The highest BCUT2D eigenvalue weighted by atomic mass is 35.5. The van der Waals surface area contributed by atoms with Crippen LogP contribution in [0, 0.1) is 12.8 Å². The minimum atomic E-state index is -0.598. The van der Waals surface area contributed by atoms with Gasteiger partial charge in [0.25, 0.3) is 5.56 Å². The number of carbonyl (C=O) groups is 2. The lowest BCUT2D eigenvalue weighted by atomic mass is 9.99. The molecule has 0 fully saturated rings. The van der Waals surface area contributed by atoms with E-state index in [1.807, 2.05) is 36.4 Å². The van der Waals surface area contributed by atoms with Crippen LogP contribution in [0.25, 0.3) is 0 Å². The van der Waals surface area contributed by atoms with Crippen LogP contribution < -0.4 is 16.6 Å². The molecule has 0 aliphatic carbocycles. The molecule has 0 radical (unpaired) electrons.